The second-order valence-corrected chi connectivity index (χ2v) is 12.9. The van der Waals surface area contributed by atoms with Crippen molar-refractivity contribution in [1.82, 2.24) is 19.6 Å². The van der Waals surface area contributed by atoms with Gasteiger partial charge in [0.05, 0.1) is 24.4 Å². The highest BCUT2D eigenvalue weighted by Crippen LogP contribution is 2.46. The third-order valence-corrected chi connectivity index (χ3v) is 9.93. The number of imidazole rings is 1. The van der Waals surface area contributed by atoms with Crippen LogP contribution in [0.15, 0.2) is 64.6 Å². The van der Waals surface area contributed by atoms with Gasteiger partial charge in [0.2, 0.25) is 5.13 Å². The van der Waals surface area contributed by atoms with Gasteiger partial charge in [0.15, 0.2) is 21.6 Å². The Morgan fingerprint density at radius 1 is 1.11 bits per heavy atom. The number of aromatic nitrogens is 4. The average molecular weight is 669 g/mol. The van der Waals surface area contributed by atoms with Crippen LogP contribution in [0.25, 0.3) is 11.4 Å². The van der Waals surface area contributed by atoms with E-state index in [1.165, 1.54) is 35.9 Å². The number of ketones is 1. The molecule has 0 radical (unpaired) electrons. The summed E-state index contributed by atoms with van der Waals surface area (Å²) in [5.74, 6) is -1.77. The fourth-order valence-corrected chi connectivity index (χ4v) is 7.45. The van der Waals surface area contributed by atoms with Gasteiger partial charge in [0.25, 0.3) is 5.78 Å². The molecule has 0 bridgehead atoms. The molecular formula is C30H23Cl2N5O5S2. The number of anilines is 1. The van der Waals surface area contributed by atoms with Gasteiger partial charge in [-0.25, -0.2) is 4.98 Å². The van der Waals surface area contributed by atoms with Crippen molar-refractivity contribution in [3.63, 3.8) is 0 Å². The molecule has 10 nitrogen and oxygen atoms in total. The molecule has 1 unspecified atom stereocenters. The van der Waals surface area contributed by atoms with Gasteiger partial charge in [0, 0.05) is 22.0 Å². The van der Waals surface area contributed by atoms with Crippen molar-refractivity contribution in [1.29, 1.82) is 0 Å². The standard InChI is InChI=1S/C30H23Cl2N5O5S2/c1-14-5-4-10-36-15(2)23(33-27(14)36)25(39)22-24(16-7-9-20(38)21(11-16)42-3)37(28(41)26(22)40)29-34-35-30(44-29)43-13-17-6-8-18(31)12-19(17)32/h4-12,24,38-39H,13H2,1-3H3. The van der Waals surface area contributed by atoms with Gasteiger partial charge in [-0.05, 0) is 60.9 Å². The predicted octanol–water partition coefficient (Wildman–Crippen LogP) is 6.74. The Balaban J connectivity index is 1.45. The van der Waals surface area contributed by atoms with Gasteiger partial charge in [-0.2, -0.15) is 0 Å². The first-order chi connectivity index (χ1) is 21.1. The number of benzene rings is 2. The topological polar surface area (TPSA) is 130 Å². The molecule has 2 aromatic carbocycles. The highest BCUT2D eigenvalue weighted by molar-refractivity contribution is 8.00. The average Bonchev–Trinajstić information content (AvgIpc) is 3.68. The van der Waals surface area contributed by atoms with E-state index in [-0.39, 0.29) is 27.9 Å². The highest BCUT2D eigenvalue weighted by Gasteiger charge is 2.49. The van der Waals surface area contributed by atoms with Crippen molar-refractivity contribution in [2.75, 3.05) is 12.0 Å². The highest BCUT2D eigenvalue weighted by atomic mass is 35.5. The van der Waals surface area contributed by atoms with Crippen LogP contribution in [0.2, 0.25) is 10.0 Å². The van der Waals surface area contributed by atoms with Crippen LogP contribution in [-0.2, 0) is 15.3 Å². The molecule has 2 N–H and O–H groups in total. The first kappa shape index (κ1) is 29.9. The molecule has 4 heterocycles. The molecule has 3 aromatic heterocycles. The molecule has 1 amide bonds. The summed E-state index contributed by atoms with van der Waals surface area (Å²) < 4.78 is 7.64. The third kappa shape index (κ3) is 5.17. The SMILES string of the molecule is COc1cc(C2C(=C(O)c3nc4c(C)cccn4c3C)C(=O)C(=O)N2c2nnc(SCc3ccc(Cl)cc3Cl)s2)ccc1O. The Labute approximate surface area is 269 Å². The zero-order valence-electron chi connectivity index (χ0n) is 23.4. The van der Waals surface area contributed by atoms with E-state index in [1.807, 2.05) is 25.1 Å². The fourth-order valence-electron chi connectivity index (χ4n) is 5.02. The quantitative estimate of drug-likeness (QED) is 0.0637. The van der Waals surface area contributed by atoms with Gasteiger partial charge < -0.3 is 19.4 Å². The number of Topliss-reactive ketones (excluding diaryl/α,β-unsaturated/α-hetero) is 1. The minimum absolute atomic E-state index is 0.126. The molecular weight excluding hydrogens is 645 g/mol. The Hall–Kier alpha value is -4.10. The van der Waals surface area contributed by atoms with E-state index in [1.54, 1.807) is 35.7 Å². The van der Waals surface area contributed by atoms with E-state index >= 15 is 0 Å². The number of aliphatic hydroxyl groups excluding tert-OH is 1. The van der Waals surface area contributed by atoms with Gasteiger partial charge in [-0.1, -0.05) is 64.5 Å². The van der Waals surface area contributed by atoms with E-state index in [0.717, 1.165) is 22.5 Å². The summed E-state index contributed by atoms with van der Waals surface area (Å²) in [5.41, 5.74) is 3.29. The Morgan fingerprint density at radius 3 is 2.64 bits per heavy atom. The van der Waals surface area contributed by atoms with Gasteiger partial charge in [0.1, 0.15) is 11.3 Å². The van der Waals surface area contributed by atoms with E-state index < -0.39 is 23.5 Å². The molecule has 1 saturated heterocycles. The number of carbonyl (C=O) groups excluding carboxylic acids is 2. The number of halogens is 2. The van der Waals surface area contributed by atoms with Crippen LogP contribution < -0.4 is 9.64 Å². The number of aliphatic hydroxyl groups is 1. The van der Waals surface area contributed by atoms with Gasteiger partial charge in [-0.15, -0.1) is 10.2 Å². The molecule has 0 saturated carbocycles. The van der Waals surface area contributed by atoms with Gasteiger partial charge in [-0.3, -0.25) is 14.5 Å². The molecule has 0 spiro atoms. The number of thioether (sulfide) groups is 1. The van der Waals surface area contributed by atoms with Crippen LogP contribution in [0.1, 0.15) is 34.1 Å². The number of nitrogens with zero attached hydrogens (tertiary/aromatic N) is 5. The largest absolute Gasteiger partial charge is 0.505 e. The van der Waals surface area contributed by atoms with Crippen LogP contribution in [0.4, 0.5) is 5.13 Å². The zero-order valence-corrected chi connectivity index (χ0v) is 26.6. The van der Waals surface area contributed by atoms with Crippen LogP contribution in [0.5, 0.6) is 11.5 Å². The summed E-state index contributed by atoms with van der Waals surface area (Å²) in [6.07, 6.45) is 1.81. The molecule has 1 aliphatic heterocycles. The molecule has 1 atom stereocenters. The molecule has 14 heteroatoms. The Bertz CT molecular complexity index is 2010. The first-order valence-electron chi connectivity index (χ1n) is 13.1. The lowest BCUT2D eigenvalue weighted by Crippen LogP contribution is -2.29. The van der Waals surface area contributed by atoms with Crippen molar-refractivity contribution in [3.05, 3.63) is 98.4 Å². The number of hydrogen-bond donors (Lipinski definition) is 2. The second kappa shape index (κ2) is 11.8. The fraction of sp³-hybridized carbons (Fsp3) is 0.167. The number of hydrogen-bond acceptors (Lipinski definition) is 10. The molecule has 224 valence electrons. The number of aromatic hydroxyl groups is 1. The summed E-state index contributed by atoms with van der Waals surface area (Å²) in [5, 5.41) is 31.6. The number of aryl methyl sites for hydroxylation is 2. The summed E-state index contributed by atoms with van der Waals surface area (Å²) in [6, 6.07) is 12.3. The van der Waals surface area contributed by atoms with Crippen LogP contribution in [0.3, 0.4) is 0 Å². The minimum Gasteiger partial charge on any atom is -0.505 e. The lowest BCUT2D eigenvalue weighted by atomic mass is 9.96. The van der Waals surface area contributed by atoms with Crippen molar-refractivity contribution in [3.8, 4) is 11.5 Å². The summed E-state index contributed by atoms with van der Waals surface area (Å²) in [4.78, 5) is 33.2. The number of phenols is 1. The number of pyridine rings is 1. The van der Waals surface area contributed by atoms with Gasteiger partial charge >= 0.3 is 5.91 Å². The summed E-state index contributed by atoms with van der Waals surface area (Å²) >= 11 is 14.8. The monoisotopic (exact) mass is 667 g/mol. The van der Waals surface area contributed by atoms with Crippen LogP contribution in [-0.4, -0.2) is 48.6 Å². The summed E-state index contributed by atoms with van der Waals surface area (Å²) in [6.45, 7) is 3.66. The van der Waals surface area contributed by atoms with Crippen LogP contribution in [0, 0.1) is 13.8 Å². The van der Waals surface area contributed by atoms with Crippen molar-refractivity contribution in [2.24, 2.45) is 0 Å². The normalized spacial score (nSPS) is 16.3. The van der Waals surface area contributed by atoms with Crippen LogP contribution >= 0.6 is 46.3 Å². The number of methoxy groups -OCH3 is 1. The lowest BCUT2D eigenvalue weighted by Gasteiger charge is -2.23. The van der Waals surface area contributed by atoms with Crippen molar-refractivity contribution in [2.45, 2.75) is 30.0 Å². The number of rotatable bonds is 7. The molecule has 6 rings (SSSR count). The number of phenolic OH excluding ortho intramolecular Hbond substituents is 1. The second-order valence-electron chi connectivity index (χ2n) is 9.91. The van der Waals surface area contributed by atoms with E-state index in [2.05, 4.69) is 15.2 Å². The maximum atomic E-state index is 13.7. The maximum Gasteiger partial charge on any atom is 0.301 e. The number of carbonyl (C=O) groups is 2. The maximum absolute atomic E-state index is 13.7. The number of fused-ring (bicyclic) bond motifs is 1. The smallest absolute Gasteiger partial charge is 0.301 e. The van der Waals surface area contributed by atoms with E-state index in [4.69, 9.17) is 27.9 Å². The molecule has 1 fully saturated rings. The summed E-state index contributed by atoms with van der Waals surface area (Å²) in [7, 11) is 1.39. The van der Waals surface area contributed by atoms with E-state index in [0.29, 0.717) is 37.0 Å². The Kier molecular flexibility index (Phi) is 8.01. The third-order valence-electron chi connectivity index (χ3n) is 7.24. The van der Waals surface area contributed by atoms with E-state index in [9.17, 15) is 19.8 Å². The molecule has 1 aliphatic rings. The minimum atomic E-state index is -1.12. The predicted molar refractivity (Wildman–Crippen MR) is 170 cm³/mol. The number of ether oxygens (including phenoxy) is 1. The Morgan fingerprint density at radius 2 is 1.91 bits per heavy atom. The lowest BCUT2D eigenvalue weighted by molar-refractivity contribution is -0.132. The molecule has 0 aliphatic carbocycles. The molecule has 5 aromatic rings. The molecule has 44 heavy (non-hydrogen) atoms. The zero-order chi connectivity index (χ0) is 31.3. The first-order valence-corrected chi connectivity index (χ1v) is 15.7. The number of amides is 1. The van der Waals surface area contributed by atoms with Crippen molar-refractivity contribution >= 4 is 74.5 Å². The van der Waals surface area contributed by atoms with Crippen molar-refractivity contribution < 1.29 is 24.5 Å².